The van der Waals surface area contributed by atoms with Crippen molar-refractivity contribution in [2.75, 3.05) is 0 Å². The largest absolute Gasteiger partial charge is 0.159 e. The van der Waals surface area contributed by atoms with Crippen LogP contribution in [0, 0.1) is 5.41 Å². The summed E-state index contributed by atoms with van der Waals surface area (Å²) >= 11 is 0. The number of aromatic nitrogens is 2. The highest BCUT2D eigenvalue weighted by Gasteiger charge is 2.16. The van der Waals surface area contributed by atoms with Crippen molar-refractivity contribution < 1.29 is 0 Å². The lowest BCUT2D eigenvalue weighted by Gasteiger charge is -2.17. The number of allylic oxidation sites excluding steroid dienone is 2. The molecular weight excluding hydrogens is 172 g/mol. The van der Waals surface area contributed by atoms with Gasteiger partial charge in [-0.05, 0) is 18.6 Å². The van der Waals surface area contributed by atoms with Gasteiger partial charge in [-0.1, -0.05) is 32.1 Å². The zero-order chi connectivity index (χ0) is 10.0. The van der Waals surface area contributed by atoms with Gasteiger partial charge in [0.1, 0.15) is 0 Å². The first-order valence-corrected chi connectivity index (χ1v) is 4.94. The Bertz CT molecular complexity index is 358. The summed E-state index contributed by atoms with van der Waals surface area (Å²) in [5.74, 6) is 0. The van der Waals surface area contributed by atoms with Gasteiger partial charge in [-0.25, -0.2) is 0 Å². The summed E-state index contributed by atoms with van der Waals surface area (Å²) in [7, 11) is 0. The summed E-state index contributed by atoms with van der Waals surface area (Å²) in [5.41, 5.74) is 2.26. The normalized spacial score (nSPS) is 24.4. The summed E-state index contributed by atoms with van der Waals surface area (Å²) in [6.07, 6.45) is 11.5. The van der Waals surface area contributed by atoms with E-state index in [0.717, 1.165) is 17.7 Å². The number of nitrogens with zero attached hydrogens (tertiary/aromatic N) is 2. The standard InChI is InChI=1S/C12H14N2/c1-3-12(2)7-4-10-6-9-13-14-11(10)5-8-12/h4-9H,3H2,1-2H3. The van der Waals surface area contributed by atoms with Crippen LogP contribution >= 0.6 is 0 Å². The fraction of sp³-hybridized carbons (Fsp3) is 0.333. The van der Waals surface area contributed by atoms with Crippen LogP contribution in [-0.4, -0.2) is 10.2 Å². The Morgan fingerprint density at radius 3 is 2.86 bits per heavy atom. The summed E-state index contributed by atoms with van der Waals surface area (Å²) in [4.78, 5) is 0. The topological polar surface area (TPSA) is 25.8 Å². The minimum absolute atomic E-state index is 0.153. The lowest BCUT2D eigenvalue weighted by Crippen LogP contribution is -2.05. The van der Waals surface area contributed by atoms with E-state index in [0.29, 0.717) is 0 Å². The van der Waals surface area contributed by atoms with Crippen molar-refractivity contribution in [3.8, 4) is 0 Å². The quantitative estimate of drug-likeness (QED) is 0.674. The van der Waals surface area contributed by atoms with Gasteiger partial charge in [0.25, 0.3) is 0 Å². The van der Waals surface area contributed by atoms with Gasteiger partial charge in [0.15, 0.2) is 0 Å². The Balaban J connectivity index is 2.47. The molecular formula is C12H14N2. The van der Waals surface area contributed by atoms with Crippen LogP contribution < -0.4 is 0 Å². The van der Waals surface area contributed by atoms with Crippen LogP contribution in [0.15, 0.2) is 24.4 Å². The van der Waals surface area contributed by atoms with Crippen molar-refractivity contribution in [3.05, 3.63) is 35.7 Å². The molecule has 0 bridgehead atoms. The van der Waals surface area contributed by atoms with Gasteiger partial charge in [0, 0.05) is 11.0 Å². The van der Waals surface area contributed by atoms with Gasteiger partial charge in [-0.15, -0.1) is 0 Å². The molecule has 0 aliphatic heterocycles. The molecule has 1 heterocycles. The smallest absolute Gasteiger partial charge is 0.0926 e. The molecule has 2 rings (SSSR count). The van der Waals surface area contributed by atoms with E-state index >= 15 is 0 Å². The summed E-state index contributed by atoms with van der Waals surface area (Å²) in [5, 5.41) is 7.97. The van der Waals surface area contributed by atoms with Crippen LogP contribution in [0.2, 0.25) is 0 Å². The number of hydrogen-bond acceptors (Lipinski definition) is 2. The SMILES string of the molecule is CCC1(C)C=Cc2ccnnc2C=C1. The second-order valence-corrected chi connectivity index (χ2v) is 3.90. The zero-order valence-corrected chi connectivity index (χ0v) is 8.57. The van der Waals surface area contributed by atoms with Crippen molar-refractivity contribution in [3.63, 3.8) is 0 Å². The molecule has 1 aliphatic rings. The van der Waals surface area contributed by atoms with E-state index in [1.165, 1.54) is 0 Å². The molecule has 1 aliphatic carbocycles. The van der Waals surface area contributed by atoms with Crippen LogP contribution in [0.5, 0.6) is 0 Å². The van der Waals surface area contributed by atoms with E-state index in [-0.39, 0.29) is 5.41 Å². The van der Waals surface area contributed by atoms with E-state index in [4.69, 9.17) is 0 Å². The van der Waals surface area contributed by atoms with Gasteiger partial charge in [-0.2, -0.15) is 10.2 Å². The van der Waals surface area contributed by atoms with Gasteiger partial charge >= 0.3 is 0 Å². The lowest BCUT2D eigenvalue weighted by atomic mass is 9.87. The average molecular weight is 186 g/mol. The summed E-state index contributed by atoms with van der Waals surface area (Å²) in [6, 6.07) is 1.99. The lowest BCUT2D eigenvalue weighted by molar-refractivity contribution is 0.536. The first-order valence-electron chi connectivity index (χ1n) is 4.94. The average Bonchev–Trinajstić information content (AvgIpc) is 2.40. The van der Waals surface area contributed by atoms with Gasteiger partial charge in [0.05, 0.1) is 11.9 Å². The summed E-state index contributed by atoms with van der Waals surface area (Å²) in [6.45, 7) is 4.41. The van der Waals surface area contributed by atoms with Crippen LogP contribution in [0.1, 0.15) is 31.5 Å². The molecule has 0 fully saturated rings. The summed E-state index contributed by atoms with van der Waals surface area (Å²) < 4.78 is 0. The van der Waals surface area contributed by atoms with E-state index in [9.17, 15) is 0 Å². The highest BCUT2D eigenvalue weighted by molar-refractivity contribution is 5.65. The third-order valence-electron chi connectivity index (χ3n) is 2.81. The Labute approximate surface area is 84.4 Å². The fourth-order valence-corrected chi connectivity index (χ4v) is 1.46. The molecule has 72 valence electrons. The monoisotopic (exact) mass is 186 g/mol. The molecule has 2 nitrogen and oxygen atoms in total. The van der Waals surface area contributed by atoms with Crippen molar-refractivity contribution in [1.82, 2.24) is 10.2 Å². The van der Waals surface area contributed by atoms with Crippen molar-refractivity contribution in [1.29, 1.82) is 0 Å². The van der Waals surface area contributed by atoms with Crippen LogP contribution in [-0.2, 0) is 0 Å². The Kier molecular flexibility index (Phi) is 2.20. The molecule has 0 radical (unpaired) electrons. The highest BCUT2D eigenvalue weighted by atomic mass is 15.1. The van der Waals surface area contributed by atoms with Crippen LogP contribution in [0.4, 0.5) is 0 Å². The minimum atomic E-state index is 0.153. The molecule has 0 saturated heterocycles. The minimum Gasteiger partial charge on any atom is -0.159 e. The van der Waals surface area contributed by atoms with E-state index in [1.807, 2.05) is 6.07 Å². The molecule has 0 saturated carbocycles. The van der Waals surface area contributed by atoms with Gasteiger partial charge in [-0.3, -0.25) is 0 Å². The molecule has 1 unspecified atom stereocenters. The Hall–Kier alpha value is -1.44. The molecule has 1 aromatic heterocycles. The van der Waals surface area contributed by atoms with Gasteiger partial charge in [0.2, 0.25) is 0 Å². The van der Waals surface area contributed by atoms with E-state index < -0.39 is 0 Å². The second kappa shape index (κ2) is 3.37. The number of hydrogen-bond donors (Lipinski definition) is 0. The Morgan fingerprint density at radius 1 is 1.29 bits per heavy atom. The van der Waals surface area contributed by atoms with Crippen LogP contribution in [0.3, 0.4) is 0 Å². The Morgan fingerprint density at radius 2 is 2.07 bits per heavy atom. The maximum absolute atomic E-state index is 4.09. The molecule has 1 aromatic rings. The third-order valence-corrected chi connectivity index (χ3v) is 2.81. The molecule has 2 heteroatoms. The van der Waals surface area contributed by atoms with E-state index in [1.54, 1.807) is 6.20 Å². The maximum atomic E-state index is 4.09. The van der Waals surface area contributed by atoms with E-state index in [2.05, 4.69) is 48.3 Å². The fourth-order valence-electron chi connectivity index (χ4n) is 1.46. The molecule has 14 heavy (non-hydrogen) atoms. The molecule has 1 atom stereocenters. The first-order chi connectivity index (χ1) is 6.73. The molecule has 0 N–H and O–H groups in total. The number of rotatable bonds is 1. The third kappa shape index (κ3) is 1.60. The predicted molar refractivity (Wildman–Crippen MR) is 58.5 cm³/mol. The van der Waals surface area contributed by atoms with Crippen molar-refractivity contribution >= 4 is 12.2 Å². The zero-order valence-electron chi connectivity index (χ0n) is 8.57. The molecule has 0 amide bonds. The first kappa shape index (κ1) is 9.13. The number of fused-ring (bicyclic) bond motifs is 1. The molecule has 0 spiro atoms. The second-order valence-electron chi connectivity index (χ2n) is 3.90. The maximum Gasteiger partial charge on any atom is 0.0926 e. The predicted octanol–water partition coefficient (Wildman–Crippen LogP) is 2.93. The molecule has 0 aromatic carbocycles. The van der Waals surface area contributed by atoms with Gasteiger partial charge < -0.3 is 0 Å². The van der Waals surface area contributed by atoms with Crippen molar-refractivity contribution in [2.24, 2.45) is 5.41 Å². The van der Waals surface area contributed by atoms with Crippen LogP contribution in [0.25, 0.3) is 12.2 Å². The van der Waals surface area contributed by atoms with Crippen molar-refractivity contribution in [2.45, 2.75) is 20.3 Å². The highest BCUT2D eigenvalue weighted by Crippen LogP contribution is 2.29.